The van der Waals surface area contributed by atoms with Gasteiger partial charge in [0.25, 0.3) is 0 Å². The summed E-state index contributed by atoms with van der Waals surface area (Å²) >= 11 is 6.13. The number of ether oxygens (including phenoxy) is 2. The highest BCUT2D eigenvalue weighted by Crippen LogP contribution is 2.31. The maximum absolute atomic E-state index is 10.8. The van der Waals surface area contributed by atoms with E-state index in [1.807, 2.05) is 30.3 Å². The van der Waals surface area contributed by atoms with Crippen molar-refractivity contribution in [3.05, 3.63) is 70.7 Å². The quantitative estimate of drug-likeness (QED) is 0.275. The van der Waals surface area contributed by atoms with Gasteiger partial charge in [-0.05, 0) is 23.3 Å². The minimum absolute atomic E-state index is 0. The highest BCUT2D eigenvalue weighted by Gasteiger charge is 2.36. The monoisotopic (exact) mass is 526 g/mol. The number of halogens is 2. The molecule has 0 aromatic heterocycles. The summed E-state index contributed by atoms with van der Waals surface area (Å²) in [5.74, 6) is -1.98. The molecule has 1 aliphatic rings. The van der Waals surface area contributed by atoms with Crippen LogP contribution in [0.15, 0.2) is 54.6 Å². The van der Waals surface area contributed by atoms with E-state index in [1.54, 1.807) is 0 Å². The third kappa shape index (κ3) is 9.07. The zero-order valence-electron chi connectivity index (χ0n) is 19.5. The standard InChI is InChI=1S/C25H31ClN2O6.ClH/c26-22-8-6-21(7-9-22)25(20-4-2-1-3-5-20)27-10-12-28(13-11-27,14-16-33-18-23(29)30)15-17-34-19-24(31)32;/h1-9,25H,10-19H2,(H-,29,30,31,32);1H. The van der Waals surface area contributed by atoms with Crippen LogP contribution in [0.2, 0.25) is 5.02 Å². The summed E-state index contributed by atoms with van der Waals surface area (Å²) in [4.78, 5) is 24.0. The van der Waals surface area contributed by atoms with E-state index in [9.17, 15) is 9.59 Å². The molecular formula is C25H32Cl2N2O6. The number of carbonyl (C=O) groups is 2. The SMILES string of the molecule is O=C(O)COCC[N+]1(CCOCC(=O)O)CCN(C(c2ccccc2)c2ccc(Cl)cc2)CC1.[Cl-]. The second-order valence-electron chi connectivity index (χ2n) is 8.53. The van der Waals surface area contributed by atoms with Crippen molar-refractivity contribution in [2.24, 2.45) is 0 Å². The van der Waals surface area contributed by atoms with E-state index in [4.69, 9.17) is 31.3 Å². The molecule has 0 spiro atoms. The van der Waals surface area contributed by atoms with Crippen molar-refractivity contribution in [1.29, 1.82) is 0 Å². The molecule has 2 aromatic carbocycles. The fourth-order valence-corrected chi connectivity index (χ4v) is 4.58. The maximum atomic E-state index is 10.8. The fraction of sp³-hybridized carbons (Fsp3) is 0.440. The number of benzene rings is 2. The number of hydrogen-bond acceptors (Lipinski definition) is 5. The predicted molar refractivity (Wildman–Crippen MR) is 128 cm³/mol. The van der Waals surface area contributed by atoms with Gasteiger partial charge in [0.05, 0.1) is 32.3 Å². The number of piperazine rings is 1. The number of quaternary nitrogens is 1. The van der Waals surface area contributed by atoms with Gasteiger partial charge in [-0.15, -0.1) is 0 Å². The highest BCUT2D eigenvalue weighted by molar-refractivity contribution is 6.30. The second kappa shape index (κ2) is 14.4. The first-order valence-corrected chi connectivity index (χ1v) is 11.7. The van der Waals surface area contributed by atoms with E-state index < -0.39 is 11.9 Å². The van der Waals surface area contributed by atoms with Crippen LogP contribution in [0.3, 0.4) is 0 Å². The first kappa shape index (κ1) is 29.0. The number of nitrogens with zero attached hydrogens (tertiary/aromatic N) is 2. The Labute approximate surface area is 217 Å². The smallest absolute Gasteiger partial charge is 0.329 e. The first-order valence-electron chi connectivity index (χ1n) is 11.4. The van der Waals surface area contributed by atoms with Crippen molar-refractivity contribution in [3.63, 3.8) is 0 Å². The summed E-state index contributed by atoms with van der Waals surface area (Å²) in [5.41, 5.74) is 2.38. The zero-order chi connectivity index (χ0) is 24.4. The van der Waals surface area contributed by atoms with Crippen LogP contribution in [0, 0.1) is 0 Å². The molecule has 0 bridgehead atoms. The Kier molecular flexibility index (Phi) is 11.9. The van der Waals surface area contributed by atoms with Crippen molar-refractivity contribution in [1.82, 2.24) is 4.90 Å². The van der Waals surface area contributed by atoms with E-state index in [-0.39, 0.29) is 31.7 Å². The maximum Gasteiger partial charge on any atom is 0.329 e. The molecule has 1 unspecified atom stereocenters. The Hall–Kier alpha value is -2.20. The number of rotatable bonds is 13. The summed E-state index contributed by atoms with van der Waals surface area (Å²) < 4.78 is 11.3. The van der Waals surface area contributed by atoms with Gasteiger partial charge >= 0.3 is 11.9 Å². The summed E-state index contributed by atoms with van der Waals surface area (Å²) in [6, 6.07) is 18.4. The molecule has 0 saturated carbocycles. The molecule has 0 amide bonds. The van der Waals surface area contributed by atoms with Crippen molar-refractivity contribution in [2.75, 3.05) is 65.7 Å². The molecule has 1 fully saturated rings. The lowest BCUT2D eigenvalue weighted by Crippen LogP contribution is -3.00. The number of carboxylic acid groups (broad SMARTS) is 2. The van der Waals surface area contributed by atoms with Gasteiger partial charge < -0.3 is 36.6 Å². The molecular weight excluding hydrogens is 495 g/mol. The van der Waals surface area contributed by atoms with E-state index in [1.165, 1.54) is 11.1 Å². The Morgan fingerprint density at radius 3 is 1.83 bits per heavy atom. The average molecular weight is 527 g/mol. The summed E-state index contributed by atoms with van der Waals surface area (Å²) in [6.07, 6.45) is 0. The minimum atomic E-state index is -0.991. The molecule has 192 valence electrons. The van der Waals surface area contributed by atoms with Gasteiger partial charge in [-0.25, -0.2) is 9.59 Å². The van der Waals surface area contributed by atoms with Crippen LogP contribution in [0.25, 0.3) is 0 Å². The molecule has 1 atom stereocenters. The third-order valence-corrected chi connectivity index (χ3v) is 6.51. The Morgan fingerprint density at radius 2 is 1.34 bits per heavy atom. The molecule has 1 saturated heterocycles. The van der Waals surface area contributed by atoms with E-state index >= 15 is 0 Å². The summed E-state index contributed by atoms with van der Waals surface area (Å²) in [5, 5.41) is 18.4. The van der Waals surface area contributed by atoms with E-state index in [0.717, 1.165) is 26.2 Å². The molecule has 2 aromatic rings. The van der Waals surface area contributed by atoms with Crippen LogP contribution < -0.4 is 12.4 Å². The van der Waals surface area contributed by atoms with Crippen molar-refractivity contribution >= 4 is 23.5 Å². The van der Waals surface area contributed by atoms with Gasteiger partial charge in [-0.2, -0.15) is 0 Å². The normalized spacial score (nSPS) is 16.3. The van der Waals surface area contributed by atoms with Crippen molar-refractivity contribution in [2.45, 2.75) is 6.04 Å². The second-order valence-corrected chi connectivity index (χ2v) is 8.97. The van der Waals surface area contributed by atoms with E-state index in [0.29, 0.717) is 35.8 Å². The van der Waals surface area contributed by atoms with Crippen LogP contribution in [0.5, 0.6) is 0 Å². The van der Waals surface area contributed by atoms with Crippen LogP contribution in [-0.4, -0.2) is 97.2 Å². The van der Waals surface area contributed by atoms with Crippen molar-refractivity contribution < 1.29 is 46.2 Å². The third-order valence-electron chi connectivity index (χ3n) is 6.26. The number of aliphatic carboxylic acids is 2. The average Bonchev–Trinajstić information content (AvgIpc) is 2.83. The Balaban J connectivity index is 0.00000432. The summed E-state index contributed by atoms with van der Waals surface area (Å²) in [7, 11) is 0. The largest absolute Gasteiger partial charge is 1.00 e. The van der Waals surface area contributed by atoms with Gasteiger partial charge in [-0.3, -0.25) is 4.90 Å². The highest BCUT2D eigenvalue weighted by atomic mass is 35.5. The van der Waals surface area contributed by atoms with Gasteiger partial charge in [-0.1, -0.05) is 54.1 Å². The van der Waals surface area contributed by atoms with E-state index in [2.05, 4.69) is 29.2 Å². The Bertz CT molecular complexity index is 897. The molecule has 35 heavy (non-hydrogen) atoms. The predicted octanol–water partition coefficient (Wildman–Crippen LogP) is -0.232. The molecule has 2 N–H and O–H groups in total. The number of hydrogen-bond donors (Lipinski definition) is 2. The lowest BCUT2D eigenvalue weighted by molar-refractivity contribution is -0.932. The van der Waals surface area contributed by atoms with Gasteiger partial charge in [0, 0.05) is 18.1 Å². The lowest BCUT2D eigenvalue weighted by Gasteiger charge is -2.47. The van der Waals surface area contributed by atoms with Crippen LogP contribution in [0.4, 0.5) is 0 Å². The van der Waals surface area contributed by atoms with Gasteiger partial charge in [0.1, 0.15) is 26.3 Å². The molecule has 1 heterocycles. The van der Waals surface area contributed by atoms with Crippen LogP contribution in [0.1, 0.15) is 17.2 Å². The van der Waals surface area contributed by atoms with Crippen LogP contribution in [-0.2, 0) is 19.1 Å². The van der Waals surface area contributed by atoms with Gasteiger partial charge in [0.2, 0.25) is 0 Å². The molecule has 0 aliphatic carbocycles. The van der Waals surface area contributed by atoms with Crippen LogP contribution >= 0.6 is 11.6 Å². The fourth-order valence-electron chi connectivity index (χ4n) is 4.45. The molecule has 10 heteroatoms. The molecule has 1 aliphatic heterocycles. The molecule has 0 radical (unpaired) electrons. The Morgan fingerprint density at radius 1 is 0.857 bits per heavy atom. The summed E-state index contributed by atoms with van der Waals surface area (Å²) in [6.45, 7) is 4.58. The van der Waals surface area contributed by atoms with Gasteiger partial charge in [0.15, 0.2) is 0 Å². The minimum Gasteiger partial charge on any atom is -1.00 e. The molecule has 8 nitrogen and oxygen atoms in total. The first-order chi connectivity index (χ1) is 16.4. The molecule has 3 rings (SSSR count). The number of carboxylic acids is 2. The van der Waals surface area contributed by atoms with Crippen molar-refractivity contribution in [3.8, 4) is 0 Å². The lowest BCUT2D eigenvalue weighted by atomic mass is 9.96. The topological polar surface area (TPSA) is 96.3 Å². The zero-order valence-corrected chi connectivity index (χ0v) is 21.0.